The number of carboxylic acids is 1. The van der Waals surface area contributed by atoms with Gasteiger partial charge in [-0.3, -0.25) is 9.59 Å². The van der Waals surface area contributed by atoms with Crippen molar-refractivity contribution in [3.05, 3.63) is 29.8 Å². The molecular weight excluding hydrogens is 208 g/mol. The van der Waals surface area contributed by atoms with Crippen LogP contribution in [-0.4, -0.2) is 35.0 Å². The Morgan fingerprint density at radius 3 is 2.62 bits per heavy atom. The van der Waals surface area contributed by atoms with Crippen molar-refractivity contribution in [1.29, 1.82) is 0 Å². The van der Waals surface area contributed by atoms with Crippen molar-refractivity contribution in [2.45, 2.75) is 0 Å². The van der Waals surface area contributed by atoms with E-state index in [0.29, 0.717) is 11.3 Å². The Hall–Kier alpha value is -2.04. The minimum Gasteiger partial charge on any atom is -0.481 e. The van der Waals surface area contributed by atoms with Gasteiger partial charge in [0.25, 0.3) is 5.91 Å². The molecule has 16 heavy (non-hydrogen) atoms. The largest absolute Gasteiger partial charge is 0.481 e. The second-order valence-electron chi connectivity index (χ2n) is 3.87. The van der Waals surface area contributed by atoms with Crippen LogP contribution in [0.15, 0.2) is 24.3 Å². The number of rotatable bonds is 2. The molecule has 0 spiro atoms. The fraction of sp³-hybridized carbons (Fsp3) is 0.273. The first-order valence-corrected chi connectivity index (χ1v) is 4.95. The van der Waals surface area contributed by atoms with E-state index < -0.39 is 11.9 Å². The number of anilines is 1. The molecule has 1 aromatic carbocycles. The molecule has 0 radical (unpaired) electrons. The van der Waals surface area contributed by atoms with Crippen molar-refractivity contribution >= 4 is 17.6 Å². The first kappa shape index (κ1) is 10.5. The van der Waals surface area contributed by atoms with Crippen LogP contribution in [0.2, 0.25) is 0 Å². The molecule has 0 saturated carbocycles. The average Bonchev–Trinajstić information content (AvgIpc) is 2.14. The summed E-state index contributed by atoms with van der Waals surface area (Å²) in [5.74, 6) is -1.44. The summed E-state index contributed by atoms with van der Waals surface area (Å²) >= 11 is 0. The topological polar surface area (TPSA) is 83.6 Å². The maximum atomic E-state index is 11.8. The van der Waals surface area contributed by atoms with E-state index in [1.807, 2.05) is 0 Å². The minimum atomic E-state index is -0.850. The highest BCUT2D eigenvalue weighted by Gasteiger charge is 2.35. The third-order valence-corrected chi connectivity index (χ3v) is 2.65. The van der Waals surface area contributed by atoms with Gasteiger partial charge in [0.15, 0.2) is 0 Å². The van der Waals surface area contributed by atoms with Gasteiger partial charge < -0.3 is 15.7 Å². The molecule has 1 aliphatic rings. The highest BCUT2D eigenvalue weighted by Crippen LogP contribution is 2.19. The van der Waals surface area contributed by atoms with Gasteiger partial charge in [0.05, 0.1) is 5.92 Å². The molecule has 84 valence electrons. The lowest BCUT2D eigenvalue weighted by Crippen LogP contribution is -2.53. The zero-order valence-corrected chi connectivity index (χ0v) is 8.59. The third-order valence-electron chi connectivity index (χ3n) is 2.65. The van der Waals surface area contributed by atoms with Crippen molar-refractivity contribution in [1.82, 2.24) is 4.90 Å². The number of nitrogens with two attached hydrogens (primary N) is 1. The molecule has 1 heterocycles. The van der Waals surface area contributed by atoms with E-state index in [-0.39, 0.29) is 19.0 Å². The van der Waals surface area contributed by atoms with Crippen LogP contribution in [0.25, 0.3) is 0 Å². The summed E-state index contributed by atoms with van der Waals surface area (Å²) in [6, 6.07) is 6.67. The highest BCUT2D eigenvalue weighted by atomic mass is 16.4. The number of carboxylic acid groups (broad SMARTS) is 1. The molecule has 3 N–H and O–H groups in total. The number of hydrogen-bond acceptors (Lipinski definition) is 3. The monoisotopic (exact) mass is 220 g/mol. The first-order valence-electron chi connectivity index (χ1n) is 4.95. The average molecular weight is 220 g/mol. The highest BCUT2D eigenvalue weighted by molar-refractivity contribution is 5.96. The molecule has 1 aromatic rings. The van der Waals surface area contributed by atoms with Gasteiger partial charge in [-0.05, 0) is 18.2 Å². The smallest absolute Gasteiger partial charge is 0.310 e. The van der Waals surface area contributed by atoms with Crippen LogP contribution in [0.5, 0.6) is 0 Å². The molecule has 5 nitrogen and oxygen atoms in total. The minimum absolute atomic E-state index is 0.162. The van der Waals surface area contributed by atoms with Gasteiger partial charge in [-0.2, -0.15) is 0 Å². The van der Waals surface area contributed by atoms with Crippen LogP contribution in [0.1, 0.15) is 10.4 Å². The lowest BCUT2D eigenvalue weighted by Gasteiger charge is -2.36. The zero-order chi connectivity index (χ0) is 11.7. The summed E-state index contributed by atoms with van der Waals surface area (Å²) in [6.07, 6.45) is 0. The predicted octanol–water partition coefficient (Wildman–Crippen LogP) is 0.425. The van der Waals surface area contributed by atoms with Crippen LogP contribution in [0, 0.1) is 5.92 Å². The maximum Gasteiger partial charge on any atom is 0.310 e. The summed E-state index contributed by atoms with van der Waals surface area (Å²) in [6.45, 7) is 0.561. The predicted molar refractivity (Wildman–Crippen MR) is 57.9 cm³/mol. The first-order chi connectivity index (χ1) is 7.58. The quantitative estimate of drug-likeness (QED) is 0.708. The van der Waals surface area contributed by atoms with Crippen LogP contribution < -0.4 is 5.73 Å². The van der Waals surface area contributed by atoms with Crippen LogP contribution in [-0.2, 0) is 4.79 Å². The van der Waals surface area contributed by atoms with E-state index in [1.54, 1.807) is 24.3 Å². The Labute approximate surface area is 92.5 Å². The molecule has 2 rings (SSSR count). The van der Waals surface area contributed by atoms with Gasteiger partial charge in [0.2, 0.25) is 0 Å². The Morgan fingerprint density at radius 1 is 1.38 bits per heavy atom. The molecular formula is C11H12N2O3. The number of carbonyl (C=O) groups is 2. The van der Waals surface area contributed by atoms with E-state index in [4.69, 9.17) is 10.8 Å². The molecule has 0 unspecified atom stereocenters. The summed E-state index contributed by atoms with van der Waals surface area (Å²) < 4.78 is 0. The second kappa shape index (κ2) is 3.84. The van der Waals surface area contributed by atoms with Gasteiger partial charge in [0, 0.05) is 24.3 Å². The van der Waals surface area contributed by atoms with Gasteiger partial charge in [0.1, 0.15) is 0 Å². The second-order valence-corrected chi connectivity index (χ2v) is 3.87. The molecule has 1 saturated heterocycles. The summed E-state index contributed by atoms with van der Waals surface area (Å²) in [4.78, 5) is 23.9. The lowest BCUT2D eigenvalue weighted by atomic mass is 9.99. The Balaban J connectivity index is 2.03. The van der Waals surface area contributed by atoms with E-state index in [1.165, 1.54) is 4.90 Å². The Bertz CT molecular complexity index is 439. The molecule has 1 amide bonds. The molecule has 1 fully saturated rings. The van der Waals surface area contributed by atoms with Gasteiger partial charge >= 0.3 is 5.97 Å². The number of benzene rings is 1. The van der Waals surface area contributed by atoms with E-state index >= 15 is 0 Å². The van der Waals surface area contributed by atoms with Crippen LogP contribution in [0.4, 0.5) is 5.69 Å². The SMILES string of the molecule is Nc1cccc(C(=O)N2CC(C(=O)O)C2)c1. The van der Waals surface area contributed by atoms with E-state index in [9.17, 15) is 9.59 Å². The zero-order valence-electron chi connectivity index (χ0n) is 8.59. The molecule has 0 aromatic heterocycles. The number of aliphatic carboxylic acids is 1. The molecule has 5 heteroatoms. The van der Waals surface area contributed by atoms with Crippen molar-refractivity contribution < 1.29 is 14.7 Å². The normalized spacial score (nSPS) is 15.6. The Morgan fingerprint density at radius 2 is 2.06 bits per heavy atom. The van der Waals surface area contributed by atoms with Crippen molar-refractivity contribution in [3.63, 3.8) is 0 Å². The van der Waals surface area contributed by atoms with Gasteiger partial charge in [-0.1, -0.05) is 6.07 Å². The van der Waals surface area contributed by atoms with Crippen molar-refractivity contribution in [3.8, 4) is 0 Å². The number of likely N-dealkylation sites (tertiary alicyclic amines) is 1. The van der Waals surface area contributed by atoms with Gasteiger partial charge in [-0.25, -0.2) is 0 Å². The number of hydrogen-bond donors (Lipinski definition) is 2. The molecule has 0 bridgehead atoms. The van der Waals surface area contributed by atoms with Crippen molar-refractivity contribution in [2.75, 3.05) is 18.8 Å². The molecule has 0 aliphatic carbocycles. The lowest BCUT2D eigenvalue weighted by molar-refractivity contribution is -0.146. The van der Waals surface area contributed by atoms with Crippen LogP contribution >= 0.6 is 0 Å². The summed E-state index contributed by atoms with van der Waals surface area (Å²) in [5, 5.41) is 8.69. The number of nitrogens with zero attached hydrogens (tertiary/aromatic N) is 1. The molecule has 0 atom stereocenters. The van der Waals surface area contributed by atoms with E-state index in [0.717, 1.165) is 0 Å². The maximum absolute atomic E-state index is 11.8. The fourth-order valence-corrected chi connectivity index (χ4v) is 1.65. The van der Waals surface area contributed by atoms with Crippen LogP contribution in [0.3, 0.4) is 0 Å². The number of amides is 1. The van der Waals surface area contributed by atoms with Gasteiger partial charge in [-0.15, -0.1) is 0 Å². The van der Waals surface area contributed by atoms with Crippen molar-refractivity contribution in [2.24, 2.45) is 5.92 Å². The third kappa shape index (κ3) is 1.84. The number of nitrogen functional groups attached to an aromatic ring is 1. The Kier molecular flexibility index (Phi) is 2.52. The fourth-order valence-electron chi connectivity index (χ4n) is 1.65. The summed E-state index contributed by atoms with van der Waals surface area (Å²) in [5.41, 5.74) is 6.60. The standard InChI is InChI=1S/C11H12N2O3/c12-9-3-1-2-7(4-9)10(14)13-5-8(6-13)11(15)16/h1-4,8H,5-6,12H2,(H,15,16). The summed E-state index contributed by atoms with van der Waals surface area (Å²) in [7, 11) is 0. The molecule has 1 aliphatic heterocycles. The van der Waals surface area contributed by atoms with E-state index in [2.05, 4.69) is 0 Å². The number of carbonyl (C=O) groups excluding carboxylic acids is 1.